The molecule has 0 bridgehead atoms. The summed E-state index contributed by atoms with van der Waals surface area (Å²) in [6.07, 6.45) is -1.85. The number of aryl methyl sites for hydroxylation is 1. The minimum absolute atomic E-state index is 0.0976. The third-order valence-corrected chi connectivity index (χ3v) is 7.50. The van der Waals surface area contributed by atoms with E-state index in [4.69, 9.17) is 14.7 Å². The van der Waals surface area contributed by atoms with Crippen LogP contribution < -0.4 is 9.80 Å². The second-order valence-electron chi connectivity index (χ2n) is 10.7. The highest BCUT2D eigenvalue weighted by molar-refractivity contribution is 7.18. The molecule has 0 unspecified atom stereocenters. The van der Waals surface area contributed by atoms with Crippen LogP contribution in [0.15, 0.2) is 11.1 Å². The number of thiophene rings is 1. The normalized spacial score (nSPS) is 17.7. The molecule has 14 heteroatoms. The quantitative estimate of drug-likeness (QED) is 0.424. The van der Waals surface area contributed by atoms with Crippen molar-refractivity contribution in [3.63, 3.8) is 0 Å². The van der Waals surface area contributed by atoms with E-state index in [1.54, 1.807) is 32.1 Å². The molecule has 0 spiro atoms. The topological polar surface area (TPSA) is 102 Å². The third-order valence-electron chi connectivity index (χ3n) is 6.41. The van der Waals surface area contributed by atoms with Crippen LogP contribution in [0.3, 0.4) is 0 Å². The van der Waals surface area contributed by atoms with E-state index in [0.29, 0.717) is 43.5 Å². The SMILES string of the molecule is CCCc1cc2c(N3CCn4c(nnc4C(F)(F)F)C3)nc(N3CCCC(=NC(=O)OC(C)(C)C)C3)nc2s1. The summed E-state index contributed by atoms with van der Waals surface area (Å²) < 4.78 is 46.6. The highest BCUT2D eigenvalue weighted by Gasteiger charge is 2.40. The molecule has 0 saturated carbocycles. The van der Waals surface area contributed by atoms with Crippen LogP contribution in [0.5, 0.6) is 0 Å². The predicted molar refractivity (Wildman–Crippen MR) is 143 cm³/mol. The monoisotopic (exact) mass is 564 g/mol. The number of amides is 1. The van der Waals surface area contributed by atoms with E-state index in [2.05, 4.69) is 28.2 Å². The van der Waals surface area contributed by atoms with Gasteiger partial charge >= 0.3 is 12.3 Å². The fourth-order valence-electron chi connectivity index (χ4n) is 4.77. The smallest absolute Gasteiger partial charge is 0.442 e. The lowest BCUT2D eigenvalue weighted by molar-refractivity contribution is -0.147. The largest absolute Gasteiger partial charge is 0.451 e. The number of carbonyl (C=O) groups is 1. The predicted octanol–water partition coefficient (Wildman–Crippen LogP) is 5.25. The van der Waals surface area contributed by atoms with E-state index in [1.165, 1.54) is 4.88 Å². The first-order valence-electron chi connectivity index (χ1n) is 13.0. The molecular formula is C25H31F3N8O2S. The first-order chi connectivity index (χ1) is 18.4. The molecule has 0 aliphatic carbocycles. The minimum atomic E-state index is -4.56. The zero-order valence-corrected chi connectivity index (χ0v) is 23.2. The molecule has 0 aromatic carbocycles. The molecule has 1 fully saturated rings. The molecule has 5 heterocycles. The number of nitrogens with zero attached hydrogens (tertiary/aromatic N) is 8. The number of alkyl halides is 3. The van der Waals surface area contributed by atoms with E-state index in [9.17, 15) is 18.0 Å². The second-order valence-corrected chi connectivity index (χ2v) is 11.8. The molecule has 1 saturated heterocycles. The summed E-state index contributed by atoms with van der Waals surface area (Å²) in [6.45, 7) is 9.15. The molecule has 0 radical (unpaired) electrons. The summed E-state index contributed by atoms with van der Waals surface area (Å²) >= 11 is 1.60. The van der Waals surface area contributed by atoms with Crippen molar-refractivity contribution in [1.82, 2.24) is 24.7 Å². The number of hydrogen-bond donors (Lipinski definition) is 0. The summed E-state index contributed by atoms with van der Waals surface area (Å²) in [5.41, 5.74) is 0.0670. The molecule has 0 atom stereocenters. The molecule has 3 aromatic heterocycles. The van der Waals surface area contributed by atoms with Gasteiger partial charge in [-0.2, -0.15) is 23.1 Å². The Balaban J connectivity index is 1.47. The van der Waals surface area contributed by atoms with Crippen LogP contribution in [0.2, 0.25) is 0 Å². The molecule has 39 heavy (non-hydrogen) atoms. The molecule has 10 nitrogen and oxygen atoms in total. The molecule has 5 rings (SSSR count). The second kappa shape index (κ2) is 10.4. The Bertz CT molecular complexity index is 1410. The first-order valence-corrected chi connectivity index (χ1v) is 13.8. The fourth-order valence-corrected chi connectivity index (χ4v) is 5.89. The first kappa shape index (κ1) is 27.3. The van der Waals surface area contributed by atoms with Crippen molar-refractivity contribution in [3.05, 3.63) is 22.6 Å². The molecular weight excluding hydrogens is 533 g/mol. The number of anilines is 2. The number of rotatable bonds is 4. The number of ether oxygens (including phenoxy) is 1. The van der Waals surface area contributed by atoms with Gasteiger partial charge in [0.15, 0.2) is 5.82 Å². The third kappa shape index (κ3) is 5.99. The van der Waals surface area contributed by atoms with Crippen LogP contribution in [-0.4, -0.2) is 61.8 Å². The summed E-state index contributed by atoms with van der Waals surface area (Å²) in [6, 6.07) is 2.08. The van der Waals surface area contributed by atoms with Crippen LogP contribution in [0.25, 0.3) is 10.2 Å². The van der Waals surface area contributed by atoms with Crippen molar-refractivity contribution in [2.75, 3.05) is 29.4 Å². The number of hydrogen-bond acceptors (Lipinski definition) is 9. The van der Waals surface area contributed by atoms with E-state index < -0.39 is 23.7 Å². The summed E-state index contributed by atoms with van der Waals surface area (Å²) in [7, 11) is 0. The van der Waals surface area contributed by atoms with Crippen LogP contribution in [0, 0.1) is 0 Å². The van der Waals surface area contributed by atoms with Crippen LogP contribution in [0.1, 0.15) is 63.5 Å². The lowest BCUT2D eigenvalue weighted by Gasteiger charge is -2.31. The number of piperidine rings is 1. The maximum Gasteiger partial charge on any atom is 0.451 e. The summed E-state index contributed by atoms with van der Waals surface area (Å²) in [5, 5.41) is 8.10. The van der Waals surface area contributed by atoms with Gasteiger partial charge in [-0.05, 0) is 46.1 Å². The van der Waals surface area contributed by atoms with Gasteiger partial charge in [0.25, 0.3) is 0 Å². The molecule has 3 aromatic rings. The Morgan fingerprint density at radius 3 is 2.62 bits per heavy atom. The van der Waals surface area contributed by atoms with Gasteiger partial charge in [-0.3, -0.25) is 0 Å². The van der Waals surface area contributed by atoms with Gasteiger partial charge in [-0.1, -0.05) is 13.3 Å². The van der Waals surface area contributed by atoms with Crippen molar-refractivity contribution >= 4 is 45.1 Å². The highest BCUT2D eigenvalue weighted by Crippen LogP contribution is 2.36. The lowest BCUT2D eigenvalue weighted by Crippen LogP contribution is -2.39. The summed E-state index contributed by atoms with van der Waals surface area (Å²) in [5.74, 6) is 0.432. The van der Waals surface area contributed by atoms with Crippen molar-refractivity contribution < 1.29 is 22.7 Å². The van der Waals surface area contributed by atoms with Gasteiger partial charge in [0.05, 0.1) is 18.5 Å². The van der Waals surface area contributed by atoms with Crippen LogP contribution in [0.4, 0.5) is 29.7 Å². The van der Waals surface area contributed by atoms with Gasteiger partial charge in [-0.15, -0.1) is 21.5 Å². The van der Waals surface area contributed by atoms with Crippen LogP contribution in [-0.2, 0) is 30.4 Å². The number of aliphatic imine (C=N–C) groups is 1. The Labute approximate surface area is 227 Å². The minimum Gasteiger partial charge on any atom is -0.442 e. The number of halogens is 3. The van der Waals surface area contributed by atoms with Gasteiger partial charge in [0, 0.05) is 30.2 Å². The molecule has 0 N–H and O–H groups in total. The number of fused-ring (bicyclic) bond motifs is 2. The molecule has 1 amide bonds. The lowest BCUT2D eigenvalue weighted by atomic mass is 10.1. The standard InChI is InChI=1S/C25H31F3N8O2S/c1-5-7-16-12-17-19(34-10-11-36-18(14-34)32-33-21(36)25(26,27)28)30-22(31-20(17)39-16)35-9-6-8-15(13-35)29-23(37)38-24(2,3)4/h12H,5-11,13-14H2,1-4H3. The maximum absolute atomic E-state index is 13.4. The fraction of sp³-hybridized carbons (Fsp3) is 0.600. The Morgan fingerprint density at radius 1 is 1.10 bits per heavy atom. The maximum atomic E-state index is 13.4. The number of carbonyl (C=O) groups excluding carboxylic acids is 1. The Hall–Kier alpha value is -3.29. The average Bonchev–Trinajstić information content (AvgIpc) is 3.46. The number of aromatic nitrogens is 5. The van der Waals surface area contributed by atoms with E-state index in [1.807, 2.05) is 9.80 Å². The molecule has 2 aliphatic heterocycles. The van der Waals surface area contributed by atoms with Gasteiger partial charge in [0.2, 0.25) is 11.8 Å². The Kier molecular flexibility index (Phi) is 7.25. The van der Waals surface area contributed by atoms with Crippen molar-refractivity contribution in [2.24, 2.45) is 4.99 Å². The summed E-state index contributed by atoms with van der Waals surface area (Å²) in [4.78, 5) is 32.2. The van der Waals surface area contributed by atoms with E-state index in [-0.39, 0.29) is 18.9 Å². The van der Waals surface area contributed by atoms with Crippen molar-refractivity contribution in [1.29, 1.82) is 0 Å². The van der Waals surface area contributed by atoms with Crippen molar-refractivity contribution in [3.8, 4) is 0 Å². The zero-order valence-electron chi connectivity index (χ0n) is 22.4. The van der Waals surface area contributed by atoms with E-state index in [0.717, 1.165) is 34.0 Å². The average molecular weight is 565 g/mol. The van der Waals surface area contributed by atoms with E-state index >= 15 is 0 Å². The van der Waals surface area contributed by atoms with Gasteiger partial charge < -0.3 is 19.1 Å². The van der Waals surface area contributed by atoms with Gasteiger partial charge in [-0.25, -0.2) is 9.78 Å². The highest BCUT2D eigenvalue weighted by atomic mass is 32.1. The van der Waals surface area contributed by atoms with Crippen LogP contribution >= 0.6 is 11.3 Å². The molecule has 2 aliphatic rings. The van der Waals surface area contributed by atoms with Gasteiger partial charge in [0.1, 0.15) is 16.2 Å². The molecule has 210 valence electrons. The Morgan fingerprint density at radius 2 is 1.90 bits per heavy atom. The zero-order chi connectivity index (χ0) is 27.9. The van der Waals surface area contributed by atoms with Crippen molar-refractivity contribution in [2.45, 2.75) is 78.2 Å².